The van der Waals surface area contributed by atoms with Crippen LogP contribution in [0.15, 0.2) is 0 Å². The maximum absolute atomic E-state index is 11.9. The number of esters is 1. The van der Waals surface area contributed by atoms with E-state index in [1.165, 1.54) is 58.5 Å². The summed E-state index contributed by atoms with van der Waals surface area (Å²) in [6, 6.07) is 0. The first-order chi connectivity index (χ1) is 17.1. The summed E-state index contributed by atoms with van der Waals surface area (Å²) in [6.45, 7) is 21.9. The largest absolute Gasteiger partial charge is 0.469 e. The van der Waals surface area contributed by atoms with E-state index in [1.807, 2.05) is 0 Å². The van der Waals surface area contributed by atoms with Crippen LogP contribution >= 0.6 is 0 Å². The number of carbonyl (C=O) groups is 1. The van der Waals surface area contributed by atoms with Crippen LogP contribution in [0.2, 0.25) is 39.3 Å². The first kappa shape index (κ1) is 29.8. The molecule has 0 aromatic carbocycles. The molecule has 0 aromatic rings. The highest BCUT2D eigenvalue weighted by atomic mass is 28.4. The summed E-state index contributed by atoms with van der Waals surface area (Å²) in [6.07, 6.45) is 12.8. The van der Waals surface area contributed by atoms with Gasteiger partial charge in [0.2, 0.25) is 0 Å². The van der Waals surface area contributed by atoms with Crippen LogP contribution in [0.25, 0.3) is 0 Å². The molecule has 10 atom stereocenters. The summed E-state index contributed by atoms with van der Waals surface area (Å²) < 4.78 is 18.8. The average Bonchev–Trinajstić information content (AvgIpc) is 3.13. The van der Waals surface area contributed by atoms with E-state index in [-0.39, 0.29) is 5.97 Å². The average molecular weight is 551 g/mol. The minimum atomic E-state index is -1.67. The molecule has 4 fully saturated rings. The molecule has 6 heteroatoms. The van der Waals surface area contributed by atoms with Gasteiger partial charge in [-0.3, -0.25) is 4.79 Å². The van der Waals surface area contributed by atoms with Crippen LogP contribution in [0.4, 0.5) is 0 Å². The monoisotopic (exact) mass is 550 g/mol. The second-order valence-corrected chi connectivity index (χ2v) is 24.9. The van der Waals surface area contributed by atoms with Gasteiger partial charge in [-0.25, -0.2) is 0 Å². The molecule has 0 aromatic heterocycles. The molecule has 4 saturated carbocycles. The number of fused-ring (bicyclic) bond motifs is 5. The summed E-state index contributed by atoms with van der Waals surface area (Å²) in [5.74, 6) is 4.18. The molecule has 4 aliphatic carbocycles. The third kappa shape index (κ3) is 6.12. The van der Waals surface area contributed by atoms with E-state index in [2.05, 4.69) is 60.1 Å². The smallest absolute Gasteiger partial charge is 0.305 e. The lowest BCUT2D eigenvalue weighted by Crippen LogP contribution is -2.60. The van der Waals surface area contributed by atoms with E-state index in [0.717, 1.165) is 24.2 Å². The van der Waals surface area contributed by atoms with Crippen molar-refractivity contribution in [3.05, 3.63) is 0 Å². The zero-order chi connectivity index (χ0) is 27.4. The number of ether oxygens (including phenoxy) is 1. The van der Waals surface area contributed by atoms with E-state index in [1.54, 1.807) is 0 Å². The highest BCUT2D eigenvalue weighted by Gasteiger charge is 2.63. The normalized spacial score (nSPS) is 42.9. The first-order valence-corrected chi connectivity index (χ1v) is 22.3. The van der Waals surface area contributed by atoms with Crippen LogP contribution in [0, 0.1) is 46.3 Å². The maximum atomic E-state index is 11.9. The molecule has 0 radical (unpaired) electrons. The Morgan fingerprint density at radius 2 is 1.49 bits per heavy atom. The van der Waals surface area contributed by atoms with Gasteiger partial charge in [-0.05, 0) is 143 Å². The van der Waals surface area contributed by atoms with Crippen molar-refractivity contribution in [1.29, 1.82) is 0 Å². The van der Waals surface area contributed by atoms with Crippen molar-refractivity contribution in [2.45, 2.75) is 136 Å². The lowest BCUT2D eigenvalue weighted by atomic mass is 9.43. The third-order valence-electron chi connectivity index (χ3n) is 11.4. The van der Waals surface area contributed by atoms with Crippen molar-refractivity contribution in [1.82, 2.24) is 0 Å². The number of rotatable bonds is 8. The van der Waals surface area contributed by atoms with E-state index in [0.29, 0.717) is 47.2 Å². The number of methoxy groups -OCH3 is 1. The molecule has 0 bridgehead atoms. The van der Waals surface area contributed by atoms with Gasteiger partial charge in [-0.1, -0.05) is 20.8 Å². The van der Waals surface area contributed by atoms with Crippen molar-refractivity contribution < 1.29 is 18.4 Å². The zero-order valence-corrected chi connectivity index (χ0v) is 27.8. The van der Waals surface area contributed by atoms with Crippen molar-refractivity contribution in [3.8, 4) is 0 Å². The quantitative estimate of drug-likeness (QED) is 0.225. The van der Waals surface area contributed by atoms with Gasteiger partial charge >= 0.3 is 5.97 Å². The molecule has 5 unspecified atom stereocenters. The van der Waals surface area contributed by atoms with Gasteiger partial charge in [0.15, 0.2) is 16.6 Å². The van der Waals surface area contributed by atoms with Crippen molar-refractivity contribution in [2.24, 2.45) is 46.3 Å². The molecule has 37 heavy (non-hydrogen) atoms. The first-order valence-electron chi connectivity index (χ1n) is 15.5. The number of hydrogen-bond acceptors (Lipinski definition) is 4. The molecule has 0 spiro atoms. The van der Waals surface area contributed by atoms with Gasteiger partial charge in [0.1, 0.15) is 0 Å². The maximum Gasteiger partial charge on any atom is 0.305 e. The molecule has 0 aliphatic heterocycles. The summed E-state index contributed by atoms with van der Waals surface area (Å²) in [7, 11) is -1.69. The van der Waals surface area contributed by atoms with Gasteiger partial charge in [0.25, 0.3) is 0 Å². The number of carbonyl (C=O) groups excluding carboxylic acids is 1. The van der Waals surface area contributed by atoms with E-state index in [9.17, 15) is 4.79 Å². The van der Waals surface area contributed by atoms with E-state index >= 15 is 0 Å². The Balaban J connectivity index is 1.59. The molecule has 4 rings (SSSR count). The van der Waals surface area contributed by atoms with Crippen LogP contribution in [-0.4, -0.2) is 41.9 Å². The second-order valence-electron chi connectivity index (χ2n) is 15.9. The highest BCUT2D eigenvalue weighted by molar-refractivity contribution is 6.70. The Kier molecular flexibility index (Phi) is 8.59. The topological polar surface area (TPSA) is 44.8 Å². The van der Waals surface area contributed by atoms with Gasteiger partial charge in [0.05, 0.1) is 7.11 Å². The molecular formula is C31H58O4Si2. The molecule has 0 heterocycles. The fourth-order valence-corrected chi connectivity index (χ4v) is 12.3. The minimum absolute atomic E-state index is 0.0567. The van der Waals surface area contributed by atoms with Gasteiger partial charge in [0, 0.05) is 18.6 Å². The van der Waals surface area contributed by atoms with Crippen LogP contribution in [0.1, 0.15) is 85.0 Å². The predicted octanol–water partition coefficient (Wildman–Crippen LogP) is 8.28. The fourth-order valence-electron chi connectivity index (χ4n) is 9.97. The number of hydrogen-bond donors (Lipinski definition) is 0. The van der Waals surface area contributed by atoms with Crippen LogP contribution in [0.5, 0.6) is 0 Å². The minimum Gasteiger partial charge on any atom is -0.469 e. The summed E-state index contributed by atoms with van der Waals surface area (Å²) >= 11 is 0. The Morgan fingerprint density at radius 1 is 0.865 bits per heavy atom. The summed E-state index contributed by atoms with van der Waals surface area (Å²) in [4.78, 5) is 11.9. The highest BCUT2D eigenvalue weighted by Crippen LogP contribution is 2.69. The van der Waals surface area contributed by atoms with E-state index < -0.39 is 16.6 Å². The Labute approximate surface area is 230 Å². The second kappa shape index (κ2) is 10.7. The Bertz CT molecular complexity index is 819. The molecule has 4 nitrogen and oxygen atoms in total. The standard InChI is InChI=1S/C31H58O4Si2/c1-21(11-14-28(32)33-4)24-12-13-25-29-26(16-18-31(24,25)3)30(2)17-15-23(34-36(5,6)7)19-22(30)20-27(29)35-37(8,9)10/h21-27,29H,11-20H2,1-10H3/t21-,22?,23+,24?,25?,26?,27-,29?,30+,31-/m1/s1. The molecule has 0 amide bonds. The van der Waals surface area contributed by atoms with Crippen molar-refractivity contribution in [2.75, 3.05) is 7.11 Å². The Hall–Kier alpha value is -0.176. The van der Waals surface area contributed by atoms with Crippen molar-refractivity contribution in [3.63, 3.8) is 0 Å². The van der Waals surface area contributed by atoms with E-state index in [4.69, 9.17) is 13.6 Å². The van der Waals surface area contributed by atoms with Gasteiger partial charge in [-0.15, -0.1) is 0 Å². The SMILES string of the molecule is COC(=O)CC[C@@H](C)C1CCC2C3C(CC[C@@]21C)[C@@]1(C)CC[C@H](O[Si](C)(C)C)CC1C[C@H]3O[Si](C)(C)C. The van der Waals surface area contributed by atoms with Crippen LogP contribution < -0.4 is 0 Å². The predicted molar refractivity (Wildman–Crippen MR) is 157 cm³/mol. The molecule has 0 saturated heterocycles. The Morgan fingerprint density at radius 3 is 2.11 bits per heavy atom. The zero-order valence-electron chi connectivity index (χ0n) is 25.8. The van der Waals surface area contributed by atoms with Crippen molar-refractivity contribution >= 4 is 22.6 Å². The molecule has 4 aliphatic rings. The van der Waals surface area contributed by atoms with Crippen LogP contribution in [0.3, 0.4) is 0 Å². The molecule has 0 N–H and O–H groups in total. The lowest BCUT2D eigenvalue weighted by Gasteiger charge is -2.64. The summed E-state index contributed by atoms with van der Waals surface area (Å²) in [5, 5.41) is 0. The molecule has 214 valence electrons. The van der Waals surface area contributed by atoms with Crippen LogP contribution in [-0.2, 0) is 18.4 Å². The van der Waals surface area contributed by atoms with Gasteiger partial charge in [-0.2, -0.15) is 0 Å². The summed E-state index contributed by atoms with van der Waals surface area (Å²) in [5.41, 5.74) is 0.804. The third-order valence-corrected chi connectivity index (χ3v) is 13.5. The lowest BCUT2D eigenvalue weighted by molar-refractivity contribution is -0.168. The fraction of sp³-hybridized carbons (Fsp3) is 0.968. The molecular weight excluding hydrogens is 493 g/mol. The van der Waals surface area contributed by atoms with Gasteiger partial charge < -0.3 is 13.6 Å².